The summed E-state index contributed by atoms with van der Waals surface area (Å²) < 4.78 is 0. The molecule has 0 aromatic heterocycles. The number of hydrogen-bond acceptors (Lipinski definition) is 3. The third-order valence-corrected chi connectivity index (χ3v) is 3.29. The van der Waals surface area contributed by atoms with E-state index in [0.29, 0.717) is 25.1 Å². The van der Waals surface area contributed by atoms with Gasteiger partial charge in [0.05, 0.1) is 11.3 Å². The van der Waals surface area contributed by atoms with E-state index in [0.717, 1.165) is 12.1 Å². The predicted octanol–water partition coefficient (Wildman–Crippen LogP) is 2.72. The topological polar surface area (TPSA) is 64.9 Å². The highest BCUT2D eigenvalue weighted by molar-refractivity contribution is 5.76. The second kappa shape index (κ2) is 8.48. The van der Waals surface area contributed by atoms with E-state index in [2.05, 4.69) is 16.7 Å². The van der Waals surface area contributed by atoms with Crippen molar-refractivity contribution in [2.45, 2.75) is 12.8 Å². The van der Waals surface area contributed by atoms with Gasteiger partial charge in [0.25, 0.3) is 0 Å². The van der Waals surface area contributed by atoms with Crippen LogP contribution in [-0.4, -0.2) is 19.0 Å². The number of benzene rings is 2. The van der Waals surface area contributed by atoms with E-state index in [1.807, 2.05) is 48.5 Å². The summed E-state index contributed by atoms with van der Waals surface area (Å²) >= 11 is 0. The van der Waals surface area contributed by atoms with Crippen LogP contribution in [0.25, 0.3) is 0 Å². The smallest absolute Gasteiger partial charge is 0.221 e. The van der Waals surface area contributed by atoms with Gasteiger partial charge in [-0.3, -0.25) is 4.79 Å². The van der Waals surface area contributed by atoms with Gasteiger partial charge >= 0.3 is 0 Å². The van der Waals surface area contributed by atoms with Crippen molar-refractivity contribution in [2.75, 3.05) is 18.4 Å². The van der Waals surface area contributed by atoms with Crippen LogP contribution in [0.3, 0.4) is 0 Å². The second-order valence-electron chi connectivity index (χ2n) is 4.92. The quantitative estimate of drug-likeness (QED) is 0.825. The van der Waals surface area contributed by atoms with Gasteiger partial charge < -0.3 is 10.6 Å². The lowest BCUT2D eigenvalue weighted by Crippen LogP contribution is -2.27. The fraction of sp³-hybridized carbons (Fsp3) is 0.222. The average Bonchev–Trinajstić information content (AvgIpc) is 2.56. The van der Waals surface area contributed by atoms with Crippen LogP contribution in [0.1, 0.15) is 17.5 Å². The Morgan fingerprint density at radius 1 is 1.00 bits per heavy atom. The van der Waals surface area contributed by atoms with Crippen molar-refractivity contribution in [1.29, 1.82) is 5.26 Å². The molecule has 0 radical (unpaired) electrons. The van der Waals surface area contributed by atoms with E-state index >= 15 is 0 Å². The van der Waals surface area contributed by atoms with Gasteiger partial charge in [-0.15, -0.1) is 0 Å². The number of carbonyl (C=O) groups excluding carboxylic acids is 1. The molecule has 0 aliphatic carbocycles. The van der Waals surface area contributed by atoms with Gasteiger partial charge in [-0.2, -0.15) is 5.26 Å². The summed E-state index contributed by atoms with van der Waals surface area (Å²) in [6.07, 6.45) is 1.21. The van der Waals surface area contributed by atoms with Crippen LogP contribution in [-0.2, 0) is 11.2 Å². The zero-order valence-electron chi connectivity index (χ0n) is 12.4. The molecular weight excluding hydrogens is 274 g/mol. The fourth-order valence-electron chi connectivity index (χ4n) is 2.12. The first-order chi connectivity index (χ1) is 10.8. The molecule has 4 nitrogen and oxygen atoms in total. The standard InChI is InChI=1S/C18H19N3O/c19-14-16-8-4-5-9-17(16)20-13-11-18(22)21-12-10-15-6-2-1-3-7-15/h1-9,20H,10-13H2,(H,21,22). The Morgan fingerprint density at radius 3 is 2.50 bits per heavy atom. The van der Waals surface area contributed by atoms with Crippen molar-refractivity contribution in [2.24, 2.45) is 0 Å². The highest BCUT2D eigenvalue weighted by atomic mass is 16.1. The molecule has 0 heterocycles. The number of nitriles is 1. The van der Waals surface area contributed by atoms with Crippen LogP contribution < -0.4 is 10.6 Å². The zero-order chi connectivity index (χ0) is 15.6. The maximum absolute atomic E-state index is 11.8. The number of nitrogens with one attached hydrogen (secondary N) is 2. The maximum atomic E-state index is 11.8. The molecule has 22 heavy (non-hydrogen) atoms. The summed E-state index contributed by atoms with van der Waals surface area (Å²) in [7, 11) is 0. The molecule has 2 N–H and O–H groups in total. The number of nitrogens with zero attached hydrogens (tertiary/aromatic N) is 1. The van der Waals surface area contributed by atoms with E-state index in [4.69, 9.17) is 5.26 Å². The Morgan fingerprint density at radius 2 is 1.73 bits per heavy atom. The third-order valence-electron chi connectivity index (χ3n) is 3.29. The Balaban J connectivity index is 1.67. The number of amides is 1. The molecule has 0 aliphatic heterocycles. The Kier molecular flexibility index (Phi) is 6.01. The van der Waals surface area contributed by atoms with Crippen LogP contribution in [0.15, 0.2) is 54.6 Å². The molecule has 0 saturated carbocycles. The van der Waals surface area contributed by atoms with Crippen molar-refractivity contribution >= 4 is 11.6 Å². The molecule has 0 bridgehead atoms. The minimum absolute atomic E-state index is 0.0119. The molecule has 0 atom stereocenters. The summed E-state index contributed by atoms with van der Waals surface area (Å²) in [6.45, 7) is 1.15. The monoisotopic (exact) mass is 293 g/mol. The van der Waals surface area contributed by atoms with E-state index in [1.54, 1.807) is 6.07 Å². The van der Waals surface area contributed by atoms with Gasteiger partial charge in [-0.25, -0.2) is 0 Å². The van der Waals surface area contributed by atoms with E-state index in [1.165, 1.54) is 5.56 Å². The van der Waals surface area contributed by atoms with Crippen molar-refractivity contribution < 1.29 is 4.79 Å². The lowest BCUT2D eigenvalue weighted by Gasteiger charge is -2.08. The van der Waals surface area contributed by atoms with Crippen molar-refractivity contribution in [3.8, 4) is 6.07 Å². The lowest BCUT2D eigenvalue weighted by atomic mass is 10.1. The molecule has 112 valence electrons. The highest BCUT2D eigenvalue weighted by Crippen LogP contribution is 2.13. The van der Waals surface area contributed by atoms with Crippen LogP contribution in [0, 0.1) is 11.3 Å². The van der Waals surface area contributed by atoms with Crippen LogP contribution in [0.4, 0.5) is 5.69 Å². The zero-order valence-corrected chi connectivity index (χ0v) is 12.4. The molecule has 0 spiro atoms. The first kappa shape index (κ1) is 15.6. The Bertz CT molecular complexity index is 647. The summed E-state index contributed by atoms with van der Waals surface area (Å²) in [4.78, 5) is 11.8. The molecule has 2 rings (SSSR count). The molecule has 4 heteroatoms. The molecule has 2 aromatic carbocycles. The summed E-state index contributed by atoms with van der Waals surface area (Å²) in [5, 5.41) is 15.0. The van der Waals surface area contributed by atoms with Gasteiger partial charge in [-0.05, 0) is 24.1 Å². The Hall–Kier alpha value is -2.80. The van der Waals surface area contributed by atoms with Gasteiger partial charge in [0.15, 0.2) is 0 Å². The minimum atomic E-state index is 0.0119. The van der Waals surface area contributed by atoms with Crippen LogP contribution in [0.2, 0.25) is 0 Å². The van der Waals surface area contributed by atoms with Crippen molar-refractivity contribution in [3.63, 3.8) is 0 Å². The molecule has 0 fully saturated rings. The van der Waals surface area contributed by atoms with Gasteiger partial charge in [-0.1, -0.05) is 42.5 Å². The van der Waals surface area contributed by atoms with E-state index in [9.17, 15) is 4.79 Å². The van der Waals surface area contributed by atoms with Gasteiger partial charge in [0, 0.05) is 19.5 Å². The molecule has 2 aromatic rings. The summed E-state index contributed by atoms with van der Waals surface area (Å²) in [6, 6.07) is 19.5. The van der Waals surface area contributed by atoms with Crippen LogP contribution >= 0.6 is 0 Å². The number of carbonyl (C=O) groups is 1. The first-order valence-corrected chi connectivity index (χ1v) is 7.33. The normalized spacial score (nSPS) is 9.77. The number of para-hydroxylation sites is 1. The third kappa shape index (κ3) is 4.95. The minimum Gasteiger partial charge on any atom is -0.383 e. The number of anilines is 1. The first-order valence-electron chi connectivity index (χ1n) is 7.33. The SMILES string of the molecule is N#Cc1ccccc1NCCC(=O)NCCc1ccccc1. The van der Waals surface area contributed by atoms with Crippen LogP contribution in [0.5, 0.6) is 0 Å². The average molecular weight is 293 g/mol. The highest BCUT2D eigenvalue weighted by Gasteiger charge is 2.03. The second-order valence-corrected chi connectivity index (χ2v) is 4.92. The van der Waals surface area contributed by atoms with E-state index in [-0.39, 0.29) is 5.91 Å². The molecular formula is C18H19N3O. The van der Waals surface area contributed by atoms with Crippen molar-refractivity contribution in [1.82, 2.24) is 5.32 Å². The molecule has 0 saturated heterocycles. The van der Waals surface area contributed by atoms with Crippen molar-refractivity contribution in [3.05, 3.63) is 65.7 Å². The lowest BCUT2D eigenvalue weighted by molar-refractivity contribution is -0.120. The van der Waals surface area contributed by atoms with Gasteiger partial charge in [0.2, 0.25) is 5.91 Å². The molecule has 1 amide bonds. The largest absolute Gasteiger partial charge is 0.383 e. The Labute approximate surface area is 130 Å². The maximum Gasteiger partial charge on any atom is 0.221 e. The van der Waals surface area contributed by atoms with Gasteiger partial charge in [0.1, 0.15) is 6.07 Å². The molecule has 0 aliphatic rings. The fourth-order valence-corrected chi connectivity index (χ4v) is 2.12. The van der Waals surface area contributed by atoms with E-state index < -0.39 is 0 Å². The molecule has 0 unspecified atom stereocenters. The number of rotatable bonds is 7. The predicted molar refractivity (Wildman–Crippen MR) is 87.4 cm³/mol. The summed E-state index contributed by atoms with van der Waals surface area (Å²) in [5.41, 5.74) is 2.57. The summed E-state index contributed by atoms with van der Waals surface area (Å²) in [5.74, 6) is 0.0119. The number of hydrogen-bond donors (Lipinski definition) is 2.